The molecule has 0 radical (unpaired) electrons. The highest BCUT2D eigenvalue weighted by Gasteiger charge is 2.19. The fourth-order valence-corrected chi connectivity index (χ4v) is 7.43. The Morgan fingerprint density at radius 1 is 0.375 bits per heavy atom. The van der Waals surface area contributed by atoms with Crippen molar-refractivity contribution in [1.82, 2.24) is 0 Å². The van der Waals surface area contributed by atoms with Gasteiger partial charge in [0.2, 0.25) is 0 Å². The van der Waals surface area contributed by atoms with Gasteiger partial charge in [-0.25, -0.2) is 0 Å². The molecule has 6 heteroatoms. The molecule has 2 atom stereocenters. The average Bonchev–Trinajstić information content (AvgIpc) is 3.18. The Morgan fingerprint density at radius 2 is 0.679 bits per heavy atom. The summed E-state index contributed by atoms with van der Waals surface area (Å²) in [6, 6.07) is 0. The highest BCUT2D eigenvalue weighted by Crippen LogP contribution is 2.17. The second-order valence-electron chi connectivity index (χ2n) is 17.8. The molecular formula is C50H96O6. The molecule has 0 rings (SSSR count). The number of unbranched alkanes of at least 4 members (excludes halogenated alkanes) is 28. The van der Waals surface area contributed by atoms with Crippen LogP contribution in [0.4, 0.5) is 0 Å². The molecule has 0 aromatic rings. The molecule has 0 N–H and O–H groups in total. The van der Waals surface area contributed by atoms with Gasteiger partial charge in [0, 0.05) is 19.3 Å². The lowest BCUT2D eigenvalue weighted by molar-refractivity contribution is -0.167. The monoisotopic (exact) mass is 793 g/mol. The van der Waals surface area contributed by atoms with Gasteiger partial charge in [-0.3, -0.25) is 14.4 Å². The number of ether oxygens (including phenoxy) is 3. The molecule has 0 aromatic heterocycles. The van der Waals surface area contributed by atoms with Crippen LogP contribution in [-0.4, -0.2) is 37.2 Å². The molecule has 0 aliphatic rings. The zero-order chi connectivity index (χ0) is 41.2. The molecule has 0 saturated heterocycles. The lowest BCUT2D eigenvalue weighted by atomic mass is 9.99. The number of rotatable bonds is 44. The minimum Gasteiger partial charge on any atom is -0.462 e. The minimum absolute atomic E-state index is 0.0648. The molecule has 56 heavy (non-hydrogen) atoms. The van der Waals surface area contributed by atoms with Crippen LogP contribution in [0.3, 0.4) is 0 Å². The largest absolute Gasteiger partial charge is 0.462 e. The average molecular weight is 793 g/mol. The zero-order valence-electron chi connectivity index (χ0n) is 38.3. The summed E-state index contributed by atoms with van der Waals surface area (Å²) >= 11 is 0. The van der Waals surface area contributed by atoms with Crippen LogP contribution in [0.5, 0.6) is 0 Å². The van der Waals surface area contributed by atoms with E-state index in [0.29, 0.717) is 19.3 Å². The van der Waals surface area contributed by atoms with Crippen molar-refractivity contribution in [1.29, 1.82) is 0 Å². The maximum absolute atomic E-state index is 12.7. The van der Waals surface area contributed by atoms with Crippen LogP contribution in [-0.2, 0) is 28.6 Å². The zero-order valence-corrected chi connectivity index (χ0v) is 38.3. The number of carbonyl (C=O) groups is 3. The molecule has 0 spiro atoms. The lowest BCUT2D eigenvalue weighted by Gasteiger charge is -2.18. The first kappa shape index (κ1) is 54.4. The van der Waals surface area contributed by atoms with Gasteiger partial charge in [-0.1, -0.05) is 234 Å². The van der Waals surface area contributed by atoms with Crippen molar-refractivity contribution in [2.45, 2.75) is 278 Å². The van der Waals surface area contributed by atoms with E-state index < -0.39 is 6.10 Å². The van der Waals surface area contributed by atoms with Crippen molar-refractivity contribution in [2.24, 2.45) is 11.8 Å². The van der Waals surface area contributed by atoms with E-state index in [1.807, 2.05) is 0 Å². The molecule has 0 heterocycles. The summed E-state index contributed by atoms with van der Waals surface area (Å²) in [5.74, 6) is 0.793. The highest BCUT2D eigenvalue weighted by atomic mass is 16.6. The van der Waals surface area contributed by atoms with Crippen LogP contribution < -0.4 is 0 Å². The summed E-state index contributed by atoms with van der Waals surface area (Å²) in [7, 11) is 0. The molecule has 0 aliphatic heterocycles. The van der Waals surface area contributed by atoms with Crippen molar-refractivity contribution in [3.63, 3.8) is 0 Å². The van der Waals surface area contributed by atoms with Gasteiger partial charge in [-0.2, -0.15) is 0 Å². The van der Waals surface area contributed by atoms with E-state index in [4.69, 9.17) is 14.2 Å². The molecule has 0 bridgehead atoms. The number of hydrogen-bond donors (Lipinski definition) is 0. The van der Waals surface area contributed by atoms with Crippen LogP contribution in [0.25, 0.3) is 0 Å². The molecule has 332 valence electrons. The Bertz CT molecular complexity index is 856. The Balaban J connectivity index is 4.30. The van der Waals surface area contributed by atoms with Crippen molar-refractivity contribution in [2.75, 3.05) is 13.2 Å². The van der Waals surface area contributed by atoms with Crippen LogP contribution in [0, 0.1) is 11.8 Å². The molecule has 1 unspecified atom stereocenters. The van der Waals surface area contributed by atoms with E-state index in [1.165, 1.54) is 161 Å². The summed E-state index contributed by atoms with van der Waals surface area (Å²) < 4.78 is 16.8. The number of carbonyl (C=O) groups excluding carboxylic acids is 3. The Morgan fingerprint density at radius 3 is 1.02 bits per heavy atom. The van der Waals surface area contributed by atoms with Gasteiger partial charge >= 0.3 is 17.9 Å². The van der Waals surface area contributed by atoms with Gasteiger partial charge in [0.05, 0.1) is 0 Å². The second-order valence-corrected chi connectivity index (χ2v) is 17.8. The van der Waals surface area contributed by atoms with Crippen molar-refractivity contribution < 1.29 is 28.6 Å². The van der Waals surface area contributed by atoms with Crippen molar-refractivity contribution in [3.05, 3.63) is 0 Å². The van der Waals surface area contributed by atoms with E-state index in [0.717, 1.165) is 69.6 Å². The summed E-state index contributed by atoms with van der Waals surface area (Å²) in [6.45, 7) is 11.3. The molecule has 0 fully saturated rings. The maximum atomic E-state index is 12.7. The Hall–Kier alpha value is -1.59. The molecule has 6 nitrogen and oxygen atoms in total. The van der Waals surface area contributed by atoms with Crippen molar-refractivity contribution >= 4 is 17.9 Å². The van der Waals surface area contributed by atoms with E-state index in [9.17, 15) is 14.4 Å². The third-order valence-corrected chi connectivity index (χ3v) is 11.6. The van der Waals surface area contributed by atoms with E-state index in [1.54, 1.807) is 0 Å². The standard InChI is InChI=1S/C50H96O6/c1-6-8-9-10-11-12-13-14-15-16-20-25-30-35-40-48(51)54-43-47(56-50(53)42-37-32-27-22-23-28-33-38-45(3)4)44-55-49(52)41-36-31-26-21-18-17-19-24-29-34-39-46(5)7-2/h45-47H,6-44H2,1-5H3/t46?,47-/m1/s1. The molecule has 0 amide bonds. The fourth-order valence-electron chi connectivity index (χ4n) is 7.43. The molecule has 0 saturated carbocycles. The van der Waals surface area contributed by atoms with Gasteiger partial charge in [-0.05, 0) is 31.1 Å². The second kappa shape index (κ2) is 43.0. The number of esters is 3. The maximum Gasteiger partial charge on any atom is 0.306 e. The SMILES string of the molecule is CCCCCCCCCCCCCCCCC(=O)OC[C@H](COC(=O)CCCCCCCCCCCCC(C)CC)OC(=O)CCCCCCCCCC(C)C. The summed E-state index contributed by atoms with van der Waals surface area (Å²) in [4.78, 5) is 37.8. The summed E-state index contributed by atoms with van der Waals surface area (Å²) in [5, 5.41) is 0. The van der Waals surface area contributed by atoms with Gasteiger partial charge < -0.3 is 14.2 Å². The van der Waals surface area contributed by atoms with Crippen LogP contribution in [0.15, 0.2) is 0 Å². The third-order valence-electron chi connectivity index (χ3n) is 11.6. The molecular weight excluding hydrogens is 697 g/mol. The minimum atomic E-state index is -0.761. The normalized spacial score (nSPS) is 12.5. The summed E-state index contributed by atoms with van der Waals surface area (Å²) in [5.41, 5.74) is 0. The first-order chi connectivity index (χ1) is 27.3. The van der Waals surface area contributed by atoms with Gasteiger partial charge in [0.15, 0.2) is 6.10 Å². The third kappa shape index (κ3) is 42.0. The molecule has 0 aromatic carbocycles. The fraction of sp³-hybridized carbons (Fsp3) is 0.940. The van der Waals surface area contributed by atoms with E-state index in [-0.39, 0.29) is 31.1 Å². The predicted octanol–water partition coefficient (Wildman–Crippen LogP) is 15.8. The van der Waals surface area contributed by atoms with Crippen LogP contribution in [0.2, 0.25) is 0 Å². The molecule has 0 aliphatic carbocycles. The topological polar surface area (TPSA) is 78.9 Å². The van der Waals surface area contributed by atoms with Gasteiger partial charge in [-0.15, -0.1) is 0 Å². The Kier molecular flexibility index (Phi) is 41.8. The van der Waals surface area contributed by atoms with Gasteiger partial charge in [0.25, 0.3) is 0 Å². The van der Waals surface area contributed by atoms with E-state index >= 15 is 0 Å². The first-order valence-electron chi connectivity index (χ1n) is 24.8. The quantitative estimate of drug-likeness (QED) is 0.0347. The number of hydrogen-bond acceptors (Lipinski definition) is 6. The Labute approximate surface area is 348 Å². The predicted molar refractivity (Wildman–Crippen MR) is 238 cm³/mol. The van der Waals surface area contributed by atoms with E-state index in [2.05, 4.69) is 34.6 Å². The van der Waals surface area contributed by atoms with Gasteiger partial charge in [0.1, 0.15) is 13.2 Å². The van der Waals surface area contributed by atoms with Crippen molar-refractivity contribution in [3.8, 4) is 0 Å². The smallest absolute Gasteiger partial charge is 0.306 e. The lowest BCUT2D eigenvalue weighted by Crippen LogP contribution is -2.30. The highest BCUT2D eigenvalue weighted by molar-refractivity contribution is 5.71. The van der Waals surface area contributed by atoms with Crippen LogP contribution in [0.1, 0.15) is 272 Å². The summed E-state index contributed by atoms with van der Waals surface area (Å²) in [6.07, 6.45) is 42.3. The first-order valence-corrected chi connectivity index (χ1v) is 24.8. The van der Waals surface area contributed by atoms with Crippen LogP contribution >= 0.6 is 0 Å².